The van der Waals surface area contributed by atoms with Crippen LogP contribution < -0.4 is 5.32 Å². The average molecular weight is 262 g/mol. The molecule has 1 unspecified atom stereocenters. The molecule has 1 fully saturated rings. The number of anilines is 1. The van der Waals surface area contributed by atoms with E-state index in [1.54, 1.807) is 25.2 Å². The molecule has 5 heteroatoms. The summed E-state index contributed by atoms with van der Waals surface area (Å²) in [5.41, 5.74) is 0.621. The Morgan fingerprint density at radius 3 is 2.84 bits per heavy atom. The fourth-order valence-electron chi connectivity index (χ4n) is 2.32. The molecule has 1 N–H and O–H groups in total. The minimum absolute atomic E-state index is 0.0172. The Morgan fingerprint density at radius 1 is 1.53 bits per heavy atom. The van der Waals surface area contributed by atoms with Gasteiger partial charge in [0.2, 0.25) is 0 Å². The Bertz CT molecular complexity index is 430. The van der Waals surface area contributed by atoms with Crippen LogP contribution in [0.1, 0.15) is 16.8 Å². The van der Waals surface area contributed by atoms with E-state index in [1.807, 2.05) is 12.1 Å². The lowest BCUT2D eigenvalue weighted by Gasteiger charge is -2.13. The van der Waals surface area contributed by atoms with Crippen molar-refractivity contribution in [3.05, 3.63) is 23.9 Å². The van der Waals surface area contributed by atoms with Crippen LogP contribution in [-0.2, 0) is 0 Å². The van der Waals surface area contributed by atoms with Crippen LogP contribution in [0.4, 0.5) is 5.82 Å². The van der Waals surface area contributed by atoms with Crippen molar-refractivity contribution in [2.24, 2.45) is 5.92 Å². The van der Waals surface area contributed by atoms with Crippen molar-refractivity contribution in [2.75, 3.05) is 46.1 Å². The van der Waals surface area contributed by atoms with Gasteiger partial charge in [-0.15, -0.1) is 0 Å². The molecule has 19 heavy (non-hydrogen) atoms. The number of carbonyl (C=O) groups is 1. The summed E-state index contributed by atoms with van der Waals surface area (Å²) in [5.74, 6) is 1.51. The van der Waals surface area contributed by atoms with Crippen LogP contribution in [0.25, 0.3) is 0 Å². The fourth-order valence-corrected chi connectivity index (χ4v) is 2.32. The number of nitrogens with one attached hydrogen (secondary N) is 1. The molecule has 0 aromatic carbocycles. The largest absolute Gasteiger partial charge is 0.370 e. The quantitative estimate of drug-likeness (QED) is 0.884. The average Bonchev–Trinajstić information content (AvgIpc) is 2.82. The van der Waals surface area contributed by atoms with Gasteiger partial charge in [0.15, 0.2) is 0 Å². The fraction of sp³-hybridized carbons (Fsp3) is 0.571. The molecule has 1 saturated heterocycles. The Hall–Kier alpha value is -1.62. The molecule has 1 aromatic rings. The van der Waals surface area contributed by atoms with E-state index in [0.29, 0.717) is 11.5 Å². The van der Waals surface area contributed by atoms with Gasteiger partial charge in [0, 0.05) is 33.4 Å². The Morgan fingerprint density at radius 2 is 2.32 bits per heavy atom. The van der Waals surface area contributed by atoms with Crippen LogP contribution >= 0.6 is 0 Å². The summed E-state index contributed by atoms with van der Waals surface area (Å²) < 4.78 is 0. The van der Waals surface area contributed by atoms with Crippen LogP contribution in [0.2, 0.25) is 0 Å². The molecule has 0 saturated carbocycles. The van der Waals surface area contributed by atoms with Gasteiger partial charge in [0.25, 0.3) is 5.91 Å². The van der Waals surface area contributed by atoms with Gasteiger partial charge in [0.1, 0.15) is 5.82 Å². The highest BCUT2D eigenvalue weighted by Gasteiger charge is 2.19. The summed E-state index contributed by atoms with van der Waals surface area (Å²) in [6.07, 6.45) is 2.87. The van der Waals surface area contributed by atoms with Crippen molar-refractivity contribution < 1.29 is 4.79 Å². The minimum Gasteiger partial charge on any atom is -0.370 e. The van der Waals surface area contributed by atoms with Gasteiger partial charge in [-0.3, -0.25) is 4.79 Å². The summed E-state index contributed by atoms with van der Waals surface area (Å²) in [7, 11) is 5.64. The van der Waals surface area contributed by atoms with E-state index in [2.05, 4.69) is 22.2 Å². The van der Waals surface area contributed by atoms with E-state index >= 15 is 0 Å². The third kappa shape index (κ3) is 3.67. The third-order valence-electron chi connectivity index (χ3n) is 3.48. The Kier molecular flexibility index (Phi) is 4.37. The number of hydrogen-bond donors (Lipinski definition) is 1. The summed E-state index contributed by atoms with van der Waals surface area (Å²) >= 11 is 0. The van der Waals surface area contributed by atoms with Crippen molar-refractivity contribution in [3.8, 4) is 0 Å². The van der Waals surface area contributed by atoms with E-state index in [1.165, 1.54) is 13.0 Å². The van der Waals surface area contributed by atoms with Crippen LogP contribution in [0.15, 0.2) is 18.3 Å². The summed E-state index contributed by atoms with van der Waals surface area (Å²) in [4.78, 5) is 19.9. The monoisotopic (exact) mass is 262 g/mol. The SMILES string of the molecule is CN1CCC(CNc2ccc(C(=O)N(C)C)cn2)C1. The standard InChI is InChI=1S/C14H22N4O/c1-17(2)14(19)12-4-5-13(16-9-12)15-8-11-6-7-18(3)10-11/h4-5,9,11H,6-8,10H2,1-3H3,(H,15,16). The first kappa shape index (κ1) is 13.8. The summed E-state index contributed by atoms with van der Waals surface area (Å²) in [6, 6.07) is 3.69. The smallest absolute Gasteiger partial charge is 0.254 e. The van der Waals surface area contributed by atoms with Crippen LogP contribution in [0, 0.1) is 5.92 Å². The first-order valence-electron chi connectivity index (χ1n) is 6.66. The lowest BCUT2D eigenvalue weighted by atomic mass is 10.1. The molecule has 1 aromatic heterocycles. The second-order valence-corrected chi connectivity index (χ2v) is 5.43. The van der Waals surface area contributed by atoms with Gasteiger partial charge < -0.3 is 15.1 Å². The maximum Gasteiger partial charge on any atom is 0.254 e. The van der Waals surface area contributed by atoms with Gasteiger partial charge in [-0.2, -0.15) is 0 Å². The van der Waals surface area contributed by atoms with Crippen molar-refractivity contribution in [1.82, 2.24) is 14.8 Å². The van der Waals surface area contributed by atoms with Crippen LogP contribution in [0.5, 0.6) is 0 Å². The van der Waals surface area contributed by atoms with E-state index in [4.69, 9.17) is 0 Å². The predicted octanol–water partition coefficient (Wildman–Crippen LogP) is 1.15. The van der Waals surface area contributed by atoms with Gasteiger partial charge >= 0.3 is 0 Å². The highest BCUT2D eigenvalue weighted by atomic mass is 16.2. The molecular weight excluding hydrogens is 240 g/mol. The normalized spacial score (nSPS) is 19.4. The number of carbonyl (C=O) groups excluding carboxylic acids is 1. The molecule has 104 valence electrons. The number of pyridine rings is 1. The number of nitrogens with zero attached hydrogens (tertiary/aromatic N) is 3. The van der Waals surface area contributed by atoms with Gasteiger partial charge in [0.05, 0.1) is 5.56 Å². The second kappa shape index (κ2) is 6.02. The highest BCUT2D eigenvalue weighted by molar-refractivity contribution is 5.93. The Balaban J connectivity index is 1.87. The van der Waals surface area contributed by atoms with Gasteiger partial charge in [-0.25, -0.2) is 4.98 Å². The Labute approximate surface area is 114 Å². The first-order valence-corrected chi connectivity index (χ1v) is 6.66. The van der Waals surface area contributed by atoms with E-state index < -0.39 is 0 Å². The van der Waals surface area contributed by atoms with E-state index in [0.717, 1.165) is 18.9 Å². The van der Waals surface area contributed by atoms with Crippen molar-refractivity contribution >= 4 is 11.7 Å². The highest BCUT2D eigenvalue weighted by Crippen LogP contribution is 2.15. The zero-order valence-electron chi connectivity index (χ0n) is 11.9. The summed E-state index contributed by atoms with van der Waals surface area (Å²) in [6.45, 7) is 3.26. The molecule has 0 radical (unpaired) electrons. The second-order valence-electron chi connectivity index (χ2n) is 5.43. The van der Waals surface area contributed by atoms with E-state index in [9.17, 15) is 4.79 Å². The minimum atomic E-state index is -0.0172. The topological polar surface area (TPSA) is 48.5 Å². The predicted molar refractivity (Wildman–Crippen MR) is 76.3 cm³/mol. The molecule has 1 aliphatic heterocycles. The molecule has 0 spiro atoms. The number of likely N-dealkylation sites (tertiary alicyclic amines) is 1. The zero-order chi connectivity index (χ0) is 13.8. The molecule has 1 aliphatic rings. The summed E-state index contributed by atoms with van der Waals surface area (Å²) in [5, 5.41) is 3.34. The van der Waals surface area contributed by atoms with E-state index in [-0.39, 0.29) is 5.91 Å². The zero-order valence-corrected chi connectivity index (χ0v) is 11.9. The molecule has 1 amide bonds. The molecule has 1 atom stereocenters. The molecule has 2 heterocycles. The maximum atomic E-state index is 11.7. The molecule has 0 aliphatic carbocycles. The third-order valence-corrected chi connectivity index (χ3v) is 3.48. The number of aromatic nitrogens is 1. The number of hydrogen-bond acceptors (Lipinski definition) is 4. The first-order chi connectivity index (χ1) is 9.06. The lowest BCUT2D eigenvalue weighted by molar-refractivity contribution is 0.0827. The molecular formula is C14H22N4O. The van der Waals surface area contributed by atoms with Gasteiger partial charge in [-0.1, -0.05) is 0 Å². The van der Waals surface area contributed by atoms with Crippen molar-refractivity contribution in [2.45, 2.75) is 6.42 Å². The molecule has 0 bridgehead atoms. The number of amides is 1. The van der Waals surface area contributed by atoms with Gasteiger partial charge in [-0.05, 0) is 38.1 Å². The van der Waals surface area contributed by atoms with Crippen molar-refractivity contribution in [1.29, 1.82) is 0 Å². The van der Waals surface area contributed by atoms with Crippen LogP contribution in [0.3, 0.4) is 0 Å². The lowest BCUT2D eigenvalue weighted by Crippen LogP contribution is -2.22. The number of rotatable bonds is 4. The maximum absolute atomic E-state index is 11.7. The van der Waals surface area contributed by atoms with Crippen LogP contribution in [-0.4, -0.2) is 61.5 Å². The molecule has 5 nitrogen and oxygen atoms in total. The van der Waals surface area contributed by atoms with Crippen molar-refractivity contribution in [3.63, 3.8) is 0 Å². The molecule has 2 rings (SSSR count).